The Morgan fingerprint density at radius 3 is 2.53 bits per heavy atom. The molecule has 0 aromatic heterocycles. The standard InChI is InChI=1S/C15H22O2/c1-5-13(11(3)16)9-12-7-8-15(17-4)14(6-2)10-12/h7-8,10,13H,5-6,9H2,1-4H3. The fraction of sp³-hybridized carbons (Fsp3) is 0.533. The van der Waals surface area contributed by atoms with Crippen LogP contribution in [0.1, 0.15) is 38.3 Å². The first-order valence-electron chi connectivity index (χ1n) is 6.28. The average Bonchev–Trinajstić information content (AvgIpc) is 2.35. The number of hydrogen-bond acceptors (Lipinski definition) is 2. The number of benzene rings is 1. The van der Waals surface area contributed by atoms with Gasteiger partial charge in [-0.2, -0.15) is 0 Å². The Morgan fingerprint density at radius 1 is 1.35 bits per heavy atom. The summed E-state index contributed by atoms with van der Waals surface area (Å²) >= 11 is 0. The number of carbonyl (C=O) groups excluding carboxylic acids is 1. The van der Waals surface area contributed by atoms with E-state index in [2.05, 4.69) is 26.0 Å². The van der Waals surface area contributed by atoms with E-state index in [1.165, 1.54) is 11.1 Å². The Kier molecular flexibility index (Phi) is 5.20. The summed E-state index contributed by atoms with van der Waals surface area (Å²) in [7, 11) is 1.69. The van der Waals surface area contributed by atoms with Crippen molar-refractivity contribution in [3.05, 3.63) is 29.3 Å². The van der Waals surface area contributed by atoms with Crippen molar-refractivity contribution in [3.8, 4) is 5.75 Å². The summed E-state index contributed by atoms with van der Waals surface area (Å²) in [5, 5.41) is 0. The van der Waals surface area contributed by atoms with Gasteiger partial charge >= 0.3 is 0 Å². The Bertz CT molecular complexity index is 383. The third kappa shape index (κ3) is 3.58. The first-order valence-corrected chi connectivity index (χ1v) is 6.28. The molecule has 1 aromatic rings. The van der Waals surface area contributed by atoms with Crippen LogP contribution in [-0.2, 0) is 17.6 Å². The Morgan fingerprint density at radius 2 is 2.06 bits per heavy atom. The molecule has 0 fully saturated rings. The van der Waals surface area contributed by atoms with Gasteiger partial charge in [-0.1, -0.05) is 26.0 Å². The fourth-order valence-corrected chi connectivity index (χ4v) is 2.10. The summed E-state index contributed by atoms with van der Waals surface area (Å²) < 4.78 is 5.30. The third-order valence-electron chi connectivity index (χ3n) is 3.28. The molecule has 0 amide bonds. The summed E-state index contributed by atoms with van der Waals surface area (Å²) in [5.41, 5.74) is 2.44. The highest BCUT2D eigenvalue weighted by Gasteiger charge is 2.13. The van der Waals surface area contributed by atoms with E-state index < -0.39 is 0 Å². The summed E-state index contributed by atoms with van der Waals surface area (Å²) in [4.78, 5) is 11.4. The Balaban J connectivity index is 2.88. The minimum Gasteiger partial charge on any atom is -0.496 e. The molecular weight excluding hydrogens is 212 g/mol. The summed E-state index contributed by atoms with van der Waals surface area (Å²) in [6.45, 7) is 5.86. The van der Waals surface area contributed by atoms with E-state index in [1.54, 1.807) is 14.0 Å². The topological polar surface area (TPSA) is 26.3 Å². The minimum atomic E-state index is 0.146. The van der Waals surface area contributed by atoms with Crippen molar-refractivity contribution in [3.63, 3.8) is 0 Å². The zero-order chi connectivity index (χ0) is 12.8. The molecule has 0 saturated carbocycles. The van der Waals surface area contributed by atoms with Gasteiger partial charge in [0.25, 0.3) is 0 Å². The van der Waals surface area contributed by atoms with Crippen molar-refractivity contribution in [1.82, 2.24) is 0 Å². The molecule has 0 aliphatic carbocycles. The zero-order valence-corrected chi connectivity index (χ0v) is 11.2. The lowest BCUT2D eigenvalue weighted by Crippen LogP contribution is -2.13. The predicted molar refractivity (Wildman–Crippen MR) is 70.5 cm³/mol. The van der Waals surface area contributed by atoms with Gasteiger partial charge in [0.2, 0.25) is 0 Å². The number of ether oxygens (including phenoxy) is 1. The van der Waals surface area contributed by atoms with E-state index in [-0.39, 0.29) is 11.7 Å². The van der Waals surface area contributed by atoms with Crippen molar-refractivity contribution in [2.45, 2.75) is 40.0 Å². The molecule has 0 aliphatic rings. The molecule has 0 heterocycles. The molecule has 2 nitrogen and oxygen atoms in total. The highest BCUT2D eigenvalue weighted by Crippen LogP contribution is 2.22. The van der Waals surface area contributed by atoms with E-state index in [9.17, 15) is 4.79 Å². The van der Waals surface area contributed by atoms with Crippen LogP contribution in [-0.4, -0.2) is 12.9 Å². The van der Waals surface area contributed by atoms with Crippen LogP contribution in [0, 0.1) is 5.92 Å². The van der Waals surface area contributed by atoms with Gasteiger partial charge in [-0.15, -0.1) is 0 Å². The second kappa shape index (κ2) is 6.43. The van der Waals surface area contributed by atoms with Gasteiger partial charge in [-0.25, -0.2) is 0 Å². The van der Waals surface area contributed by atoms with Crippen molar-refractivity contribution in [1.29, 1.82) is 0 Å². The summed E-state index contributed by atoms with van der Waals surface area (Å²) in [5.74, 6) is 1.36. The molecule has 1 aromatic carbocycles. The minimum absolute atomic E-state index is 0.146. The summed E-state index contributed by atoms with van der Waals surface area (Å²) in [6, 6.07) is 6.22. The lowest BCUT2D eigenvalue weighted by Gasteiger charge is -2.13. The molecule has 1 atom stereocenters. The first-order chi connectivity index (χ1) is 8.12. The predicted octanol–water partition coefficient (Wildman–Crippen LogP) is 3.42. The van der Waals surface area contributed by atoms with Crippen molar-refractivity contribution in [2.24, 2.45) is 5.92 Å². The highest BCUT2D eigenvalue weighted by molar-refractivity contribution is 5.78. The molecule has 0 saturated heterocycles. The SMILES string of the molecule is CCc1cc(CC(CC)C(C)=O)ccc1OC. The number of methoxy groups -OCH3 is 1. The van der Waals surface area contributed by atoms with Crippen LogP contribution in [0.2, 0.25) is 0 Å². The van der Waals surface area contributed by atoms with Gasteiger partial charge in [0.05, 0.1) is 7.11 Å². The highest BCUT2D eigenvalue weighted by atomic mass is 16.5. The van der Waals surface area contributed by atoms with Crippen LogP contribution in [0.15, 0.2) is 18.2 Å². The van der Waals surface area contributed by atoms with Gasteiger partial charge < -0.3 is 4.74 Å². The number of hydrogen-bond donors (Lipinski definition) is 0. The number of aryl methyl sites for hydroxylation is 1. The molecule has 0 spiro atoms. The van der Waals surface area contributed by atoms with Crippen LogP contribution >= 0.6 is 0 Å². The van der Waals surface area contributed by atoms with Gasteiger partial charge in [0.15, 0.2) is 0 Å². The lowest BCUT2D eigenvalue weighted by atomic mass is 9.92. The van der Waals surface area contributed by atoms with Crippen molar-refractivity contribution >= 4 is 5.78 Å². The molecule has 0 radical (unpaired) electrons. The number of ketones is 1. The quantitative estimate of drug-likeness (QED) is 0.754. The maximum atomic E-state index is 11.4. The van der Waals surface area contributed by atoms with Gasteiger partial charge in [-0.05, 0) is 43.4 Å². The van der Waals surface area contributed by atoms with E-state index >= 15 is 0 Å². The van der Waals surface area contributed by atoms with E-state index in [0.717, 1.165) is 25.0 Å². The molecular formula is C15H22O2. The molecule has 1 rings (SSSR count). The molecule has 94 valence electrons. The van der Waals surface area contributed by atoms with Crippen LogP contribution in [0.5, 0.6) is 5.75 Å². The van der Waals surface area contributed by atoms with Gasteiger partial charge in [0, 0.05) is 5.92 Å². The maximum absolute atomic E-state index is 11.4. The fourth-order valence-electron chi connectivity index (χ4n) is 2.10. The second-order valence-corrected chi connectivity index (χ2v) is 4.42. The smallest absolute Gasteiger partial charge is 0.133 e. The van der Waals surface area contributed by atoms with Gasteiger partial charge in [0.1, 0.15) is 11.5 Å². The molecule has 17 heavy (non-hydrogen) atoms. The largest absolute Gasteiger partial charge is 0.496 e. The summed E-state index contributed by atoms with van der Waals surface area (Å²) in [6.07, 6.45) is 2.69. The number of carbonyl (C=O) groups is 1. The van der Waals surface area contributed by atoms with Gasteiger partial charge in [-0.3, -0.25) is 4.79 Å². The molecule has 1 unspecified atom stereocenters. The lowest BCUT2D eigenvalue weighted by molar-refractivity contribution is -0.120. The van der Waals surface area contributed by atoms with E-state index in [1.807, 2.05) is 6.07 Å². The monoisotopic (exact) mass is 234 g/mol. The zero-order valence-electron chi connectivity index (χ0n) is 11.2. The van der Waals surface area contributed by atoms with E-state index in [0.29, 0.717) is 0 Å². The van der Waals surface area contributed by atoms with Crippen LogP contribution in [0.4, 0.5) is 0 Å². The van der Waals surface area contributed by atoms with Crippen LogP contribution in [0.3, 0.4) is 0 Å². The third-order valence-corrected chi connectivity index (χ3v) is 3.28. The van der Waals surface area contributed by atoms with Crippen molar-refractivity contribution < 1.29 is 9.53 Å². The second-order valence-electron chi connectivity index (χ2n) is 4.42. The normalized spacial score (nSPS) is 12.2. The molecule has 0 aliphatic heterocycles. The van der Waals surface area contributed by atoms with Crippen LogP contribution in [0.25, 0.3) is 0 Å². The Labute approximate surface area is 104 Å². The number of Topliss-reactive ketones (excluding diaryl/α,β-unsaturated/α-hetero) is 1. The Hall–Kier alpha value is -1.31. The van der Waals surface area contributed by atoms with Crippen molar-refractivity contribution in [2.75, 3.05) is 7.11 Å². The molecule has 2 heteroatoms. The van der Waals surface area contributed by atoms with E-state index in [4.69, 9.17) is 4.74 Å². The van der Waals surface area contributed by atoms with Crippen LogP contribution < -0.4 is 4.74 Å². The average molecular weight is 234 g/mol. The number of rotatable bonds is 6. The first kappa shape index (κ1) is 13.8. The molecule has 0 N–H and O–H groups in total. The maximum Gasteiger partial charge on any atom is 0.133 e. The molecule has 0 bridgehead atoms.